The molecule has 28 heavy (non-hydrogen) atoms. The molecular weight excluding hydrogens is 368 g/mol. The minimum Gasteiger partial charge on any atom is -0.346 e. The smallest absolute Gasteiger partial charge is 0.322 e. The molecule has 1 aliphatic rings. The zero-order valence-corrected chi connectivity index (χ0v) is 15.2. The molecule has 144 valence electrons. The minimum atomic E-state index is -1.05. The molecular formula is C19H17F2N5O2. The Labute approximate surface area is 160 Å². The van der Waals surface area contributed by atoms with Crippen molar-refractivity contribution in [1.82, 2.24) is 15.2 Å². The summed E-state index contributed by atoms with van der Waals surface area (Å²) in [7, 11) is 0. The highest BCUT2D eigenvalue weighted by Crippen LogP contribution is 2.27. The van der Waals surface area contributed by atoms with Crippen LogP contribution in [-0.2, 0) is 11.3 Å². The van der Waals surface area contributed by atoms with Crippen LogP contribution >= 0.6 is 0 Å². The zero-order valence-electron chi connectivity index (χ0n) is 15.2. The highest BCUT2D eigenvalue weighted by atomic mass is 19.2. The molecule has 2 heterocycles. The SMILES string of the molecule is Cc1cc(C#N)cnc1[C@H](C)NC(=O)CN1Cc2c(ccc(F)c2F)NC1=O. The molecule has 7 nitrogen and oxygen atoms in total. The molecule has 1 aromatic heterocycles. The number of anilines is 1. The van der Waals surface area contributed by atoms with Crippen molar-refractivity contribution in [3.05, 3.63) is 58.4 Å². The topological polar surface area (TPSA) is 98.1 Å². The van der Waals surface area contributed by atoms with Crippen LogP contribution in [-0.4, -0.2) is 28.4 Å². The van der Waals surface area contributed by atoms with E-state index < -0.39 is 29.6 Å². The molecule has 1 atom stereocenters. The molecule has 2 N–H and O–H groups in total. The van der Waals surface area contributed by atoms with Gasteiger partial charge in [-0.2, -0.15) is 5.26 Å². The first-order chi connectivity index (χ1) is 13.3. The van der Waals surface area contributed by atoms with Gasteiger partial charge in [-0.05, 0) is 37.6 Å². The van der Waals surface area contributed by atoms with Gasteiger partial charge in [0.15, 0.2) is 11.6 Å². The van der Waals surface area contributed by atoms with Gasteiger partial charge in [-0.25, -0.2) is 13.6 Å². The predicted molar refractivity (Wildman–Crippen MR) is 96.0 cm³/mol. The lowest BCUT2D eigenvalue weighted by Crippen LogP contribution is -2.45. The molecule has 3 rings (SSSR count). The molecule has 1 aromatic carbocycles. The number of hydrogen-bond acceptors (Lipinski definition) is 4. The Morgan fingerprint density at radius 2 is 2.21 bits per heavy atom. The number of fused-ring (bicyclic) bond motifs is 1. The number of rotatable bonds is 4. The number of amides is 3. The van der Waals surface area contributed by atoms with Crippen molar-refractivity contribution < 1.29 is 18.4 Å². The zero-order chi connectivity index (χ0) is 20.4. The van der Waals surface area contributed by atoms with Gasteiger partial charge < -0.3 is 15.5 Å². The molecule has 0 radical (unpaired) electrons. The maximum atomic E-state index is 14.0. The number of urea groups is 1. The summed E-state index contributed by atoms with van der Waals surface area (Å²) in [5.74, 6) is -2.54. The normalized spacial score (nSPS) is 14.0. The van der Waals surface area contributed by atoms with Gasteiger partial charge in [0, 0.05) is 11.8 Å². The van der Waals surface area contributed by atoms with Crippen LogP contribution in [0.4, 0.5) is 19.3 Å². The van der Waals surface area contributed by atoms with E-state index in [1.54, 1.807) is 19.9 Å². The van der Waals surface area contributed by atoms with E-state index in [0.29, 0.717) is 11.3 Å². The van der Waals surface area contributed by atoms with Gasteiger partial charge >= 0.3 is 6.03 Å². The number of aromatic nitrogens is 1. The number of nitrogens with one attached hydrogen (secondary N) is 2. The summed E-state index contributed by atoms with van der Waals surface area (Å²) >= 11 is 0. The van der Waals surface area contributed by atoms with Crippen LogP contribution in [0.15, 0.2) is 24.4 Å². The quantitative estimate of drug-likeness (QED) is 0.846. The van der Waals surface area contributed by atoms with Crippen molar-refractivity contribution >= 4 is 17.6 Å². The van der Waals surface area contributed by atoms with E-state index in [2.05, 4.69) is 15.6 Å². The molecule has 0 saturated carbocycles. The van der Waals surface area contributed by atoms with Gasteiger partial charge in [0.2, 0.25) is 5.91 Å². The molecule has 2 aromatic rings. The van der Waals surface area contributed by atoms with E-state index in [-0.39, 0.29) is 24.3 Å². The lowest BCUT2D eigenvalue weighted by Gasteiger charge is -2.29. The standard InChI is InChI=1S/C19H17F2N5O2/c1-10-5-12(6-22)7-23-18(10)11(2)24-16(27)9-26-8-13-15(25-19(26)28)4-3-14(20)17(13)21/h3-5,7,11H,8-9H2,1-2H3,(H,24,27)(H,25,28)/t11-/m0/s1. The highest BCUT2D eigenvalue weighted by Gasteiger charge is 2.28. The van der Waals surface area contributed by atoms with Crippen LogP contribution < -0.4 is 10.6 Å². The Morgan fingerprint density at radius 1 is 1.46 bits per heavy atom. The van der Waals surface area contributed by atoms with Gasteiger partial charge in [0.25, 0.3) is 0 Å². The second kappa shape index (κ2) is 7.60. The number of halogens is 2. The average Bonchev–Trinajstić information content (AvgIpc) is 2.65. The summed E-state index contributed by atoms with van der Waals surface area (Å²) in [5.41, 5.74) is 1.93. The number of nitrogens with zero attached hydrogens (tertiary/aromatic N) is 3. The second-order valence-electron chi connectivity index (χ2n) is 6.50. The maximum Gasteiger partial charge on any atom is 0.322 e. The van der Waals surface area contributed by atoms with E-state index in [9.17, 15) is 18.4 Å². The largest absolute Gasteiger partial charge is 0.346 e. The van der Waals surface area contributed by atoms with Gasteiger partial charge in [0.05, 0.1) is 29.5 Å². The Balaban J connectivity index is 1.68. The predicted octanol–water partition coefficient (Wildman–Crippen LogP) is 2.76. The molecule has 0 unspecified atom stereocenters. The summed E-state index contributed by atoms with van der Waals surface area (Å²) in [6.07, 6.45) is 1.41. The fourth-order valence-corrected chi connectivity index (χ4v) is 3.08. The van der Waals surface area contributed by atoms with Gasteiger partial charge in [-0.3, -0.25) is 9.78 Å². The fraction of sp³-hybridized carbons (Fsp3) is 0.263. The number of pyridine rings is 1. The van der Waals surface area contributed by atoms with E-state index >= 15 is 0 Å². The number of benzene rings is 1. The Hall–Kier alpha value is -3.54. The third-order valence-electron chi connectivity index (χ3n) is 4.44. The summed E-state index contributed by atoms with van der Waals surface area (Å²) in [5, 5.41) is 14.1. The summed E-state index contributed by atoms with van der Waals surface area (Å²) in [6.45, 7) is 2.94. The van der Waals surface area contributed by atoms with E-state index in [1.807, 2.05) is 6.07 Å². The number of hydrogen-bond donors (Lipinski definition) is 2. The van der Waals surface area contributed by atoms with Crippen LogP contribution in [0.2, 0.25) is 0 Å². The number of nitriles is 1. The molecule has 0 bridgehead atoms. The average molecular weight is 385 g/mol. The van der Waals surface area contributed by atoms with Crippen molar-refractivity contribution in [1.29, 1.82) is 5.26 Å². The lowest BCUT2D eigenvalue weighted by molar-refractivity contribution is -0.122. The second-order valence-corrected chi connectivity index (χ2v) is 6.50. The van der Waals surface area contributed by atoms with Gasteiger partial charge in [-0.15, -0.1) is 0 Å². The minimum absolute atomic E-state index is 0.00921. The first-order valence-electron chi connectivity index (χ1n) is 8.49. The maximum absolute atomic E-state index is 14.0. The van der Waals surface area contributed by atoms with Crippen LogP contribution in [0.5, 0.6) is 0 Å². The summed E-state index contributed by atoms with van der Waals surface area (Å²) < 4.78 is 27.4. The molecule has 0 aliphatic carbocycles. The third kappa shape index (κ3) is 3.76. The number of aryl methyl sites for hydroxylation is 1. The molecule has 0 fully saturated rings. The van der Waals surface area contributed by atoms with Crippen LogP contribution in [0, 0.1) is 29.9 Å². The molecule has 9 heteroatoms. The van der Waals surface area contributed by atoms with Crippen molar-refractivity contribution in [2.75, 3.05) is 11.9 Å². The molecule has 0 saturated heterocycles. The number of carbonyl (C=O) groups is 2. The first kappa shape index (κ1) is 19.2. The molecule has 1 aliphatic heterocycles. The van der Waals surface area contributed by atoms with Crippen molar-refractivity contribution in [2.24, 2.45) is 0 Å². The fourth-order valence-electron chi connectivity index (χ4n) is 3.08. The Morgan fingerprint density at radius 3 is 2.89 bits per heavy atom. The molecule has 3 amide bonds. The lowest BCUT2D eigenvalue weighted by atomic mass is 10.1. The number of carbonyl (C=O) groups excluding carboxylic acids is 2. The monoisotopic (exact) mass is 385 g/mol. The summed E-state index contributed by atoms with van der Waals surface area (Å²) in [4.78, 5) is 29.8. The first-order valence-corrected chi connectivity index (χ1v) is 8.49. The van der Waals surface area contributed by atoms with Crippen LogP contribution in [0.3, 0.4) is 0 Å². The van der Waals surface area contributed by atoms with Crippen LogP contribution in [0.25, 0.3) is 0 Å². The van der Waals surface area contributed by atoms with E-state index in [1.165, 1.54) is 12.3 Å². The van der Waals surface area contributed by atoms with E-state index in [0.717, 1.165) is 16.5 Å². The highest BCUT2D eigenvalue weighted by molar-refractivity contribution is 5.94. The van der Waals surface area contributed by atoms with Crippen molar-refractivity contribution in [3.63, 3.8) is 0 Å². The van der Waals surface area contributed by atoms with E-state index in [4.69, 9.17) is 5.26 Å². The van der Waals surface area contributed by atoms with Crippen molar-refractivity contribution in [2.45, 2.75) is 26.4 Å². The summed E-state index contributed by atoms with van der Waals surface area (Å²) in [6, 6.07) is 4.84. The van der Waals surface area contributed by atoms with Crippen LogP contribution in [0.1, 0.15) is 35.3 Å². The third-order valence-corrected chi connectivity index (χ3v) is 4.44. The Bertz CT molecular complexity index is 1000. The van der Waals surface area contributed by atoms with Gasteiger partial charge in [-0.1, -0.05) is 0 Å². The van der Waals surface area contributed by atoms with Gasteiger partial charge in [0.1, 0.15) is 12.6 Å². The Kier molecular flexibility index (Phi) is 5.22. The van der Waals surface area contributed by atoms with Crippen molar-refractivity contribution in [3.8, 4) is 6.07 Å². The molecule has 0 spiro atoms.